The second kappa shape index (κ2) is 10.7. The van der Waals surface area contributed by atoms with Crippen LogP contribution in [0, 0.1) is 9.39 Å². The van der Waals surface area contributed by atoms with Crippen molar-refractivity contribution < 1.29 is 33.0 Å². The molecule has 1 N–H and O–H groups in total. The van der Waals surface area contributed by atoms with E-state index in [4.69, 9.17) is 26.4 Å². The Bertz CT molecular complexity index is 1170. The first-order valence-electron chi connectivity index (χ1n) is 9.58. The summed E-state index contributed by atoms with van der Waals surface area (Å²) in [6.45, 7) is 1.61. The van der Waals surface area contributed by atoms with Crippen LogP contribution < -0.4 is 19.7 Å². The molecular formula is C22H18FIN2O6S. The van der Waals surface area contributed by atoms with Gasteiger partial charge in [0.25, 0.3) is 11.8 Å². The molecule has 0 unspecified atom stereocenters. The van der Waals surface area contributed by atoms with E-state index in [0.717, 1.165) is 4.90 Å². The van der Waals surface area contributed by atoms with Gasteiger partial charge in [-0.15, -0.1) is 0 Å². The Balaban J connectivity index is 1.95. The zero-order chi connectivity index (χ0) is 24.1. The summed E-state index contributed by atoms with van der Waals surface area (Å²) in [5, 5.41) is 2.19. The van der Waals surface area contributed by atoms with Crippen LogP contribution in [-0.4, -0.2) is 43.2 Å². The Morgan fingerprint density at radius 2 is 2.00 bits per heavy atom. The van der Waals surface area contributed by atoms with Crippen LogP contribution in [0.1, 0.15) is 12.5 Å². The van der Waals surface area contributed by atoms with Crippen LogP contribution in [0.25, 0.3) is 6.08 Å². The molecular weight excluding hydrogens is 566 g/mol. The highest BCUT2D eigenvalue weighted by Crippen LogP contribution is 2.35. The number of thiocarbonyl (C=S) groups is 1. The van der Waals surface area contributed by atoms with Crippen LogP contribution in [0.15, 0.2) is 42.0 Å². The number of carbonyl (C=O) groups is 3. The molecule has 0 aromatic heterocycles. The minimum atomic E-state index is -0.773. The number of halogens is 2. The van der Waals surface area contributed by atoms with Gasteiger partial charge < -0.3 is 14.2 Å². The van der Waals surface area contributed by atoms with E-state index in [1.54, 1.807) is 19.1 Å². The molecule has 2 aromatic carbocycles. The molecule has 0 saturated carbocycles. The fraction of sp³-hybridized carbons (Fsp3) is 0.182. The third-order valence-corrected chi connectivity index (χ3v) is 5.48. The summed E-state index contributed by atoms with van der Waals surface area (Å²) < 4.78 is 30.6. The molecule has 1 aliphatic heterocycles. The SMILES string of the molecule is CCOC(=O)COc1c(I)cc(/C=C2\C(=O)NC(=S)N(c3ccccc3F)C2=O)cc1OC. The van der Waals surface area contributed by atoms with Crippen molar-refractivity contribution in [1.82, 2.24) is 5.32 Å². The highest BCUT2D eigenvalue weighted by molar-refractivity contribution is 14.1. The third kappa shape index (κ3) is 5.47. The Kier molecular flexibility index (Phi) is 7.97. The fourth-order valence-corrected chi connectivity index (χ4v) is 4.03. The Labute approximate surface area is 207 Å². The number of ether oxygens (including phenoxy) is 3. The quantitative estimate of drug-likeness (QED) is 0.176. The largest absolute Gasteiger partial charge is 0.493 e. The van der Waals surface area contributed by atoms with Gasteiger partial charge in [-0.2, -0.15) is 0 Å². The number of methoxy groups -OCH3 is 1. The monoisotopic (exact) mass is 584 g/mol. The van der Waals surface area contributed by atoms with Gasteiger partial charge >= 0.3 is 5.97 Å². The molecule has 3 rings (SSSR count). The lowest BCUT2D eigenvalue weighted by Gasteiger charge is -2.29. The number of amides is 2. The standard InChI is InChI=1S/C22H18FIN2O6S/c1-3-31-18(27)11-32-19-15(24)9-12(10-17(19)30-2)8-13-20(28)25-22(33)26(21(13)29)16-7-5-4-6-14(16)23/h4-10H,3,11H2,1-2H3,(H,25,28,33)/b13-8+. The van der Waals surface area contributed by atoms with Crippen molar-refractivity contribution in [2.24, 2.45) is 0 Å². The average Bonchev–Trinajstić information content (AvgIpc) is 2.77. The van der Waals surface area contributed by atoms with Gasteiger partial charge in [0.05, 0.1) is 23.0 Å². The second-order valence-electron chi connectivity index (χ2n) is 6.54. The predicted molar refractivity (Wildman–Crippen MR) is 130 cm³/mol. The molecule has 0 spiro atoms. The number of nitrogens with one attached hydrogen (secondary N) is 1. The molecule has 0 atom stereocenters. The van der Waals surface area contributed by atoms with Gasteiger partial charge in [0.1, 0.15) is 11.4 Å². The summed E-state index contributed by atoms with van der Waals surface area (Å²) >= 11 is 7.07. The van der Waals surface area contributed by atoms with Gasteiger partial charge in [0.2, 0.25) is 0 Å². The van der Waals surface area contributed by atoms with Crippen molar-refractivity contribution in [2.45, 2.75) is 6.92 Å². The molecule has 0 radical (unpaired) electrons. The van der Waals surface area contributed by atoms with Gasteiger partial charge in [0, 0.05) is 0 Å². The van der Waals surface area contributed by atoms with Gasteiger partial charge in [-0.3, -0.25) is 14.9 Å². The first kappa shape index (κ1) is 24.6. The summed E-state index contributed by atoms with van der Waals surface area (Å²) in [5.74, 6) is -2.09. The number of rotatable bonds is 7. The van der Waals surface area contributed by atoms with E-state index in [1.165, 1.54) is 37.5 Å². The smallest absolute Gasteiger partial charge is 0.344 e. The lowest BCUT2D eigenvalue weighted by Crippen LogP contribution is -2.54. The summed E-state index contributed by atoms with van der Waals surface area (Å²) in [5.41, 5.74) is 0.123. The number of para-hydroxylation sites is 1. The minimum absolute atomic E-state index is 0.0757. The highest BCUT2D eigenvalue weighted by Gasteiger charge is 2.35. The maximum Gasteiger partial charge on any atom is 0.344 e. The van der Waals surface area contributed by atoms with Crippen LogP contribution in [0.2, 0.25) is 0 Å². The number of nitrogens with zero attached hydrogens (tertiary/aromatic N) is 1. The van der Waals surface area contributed by atoms with Gasteiger partial charge in [-0.05, 0) is 77.6 Å². The van der Waals surface area contributed by atoms with E-state index in [1.807, 2.05) is 22.6 Å². The first-order chi connectivity index (χ1) is 15.8. The normalized spacial score (nSPS) is 14.8. The lowest BCUT2D eigenvalue weighted by molar-refractivity contribution is -0.145. The average molecular weight is 584 g/mol. The first-order valence-corrected chi connectivity index (χ1v) is 11.1. The lowest BCUT2D eigenvalue weighted by atomic mass is 10.1. The van der Waals surface area contributed by atoms with Crippen molar-refractivity contribution in [1.29, 1.82) is 0 Å². The fourth-order valence-electron chi connectivity index (χ4n) is 2.97. The molecule has 1 heterocycles. The van der Waals surface area contributed by atoms with Crippen LogP contribution in [0.4, 0.5) is 10.1 Å². The van der Waals surface area contributed by atoms with E-state index < -0.39 is 23.6 Å². The molecule has 33 heavy (non-hydrogen) atoms. The van der Waals surface area contributed by atoms with Crippen LogP contribution >= 0.6 is 34.8 Å². The van der Waals surface area contributed by atoms with Crippen molar-refractivity contribution in [2.75, 3.05) is 25.2 Å². The third-order valence-electron chi connectivity index (χ3n) is 4.40. The van der Waals surface area contributed by atoms with Crippen LogP contribution in [-0.2, 0) is 19.1 Å². The Hall–Kier alpha value is -3.06. The molecule has 11 heteroatoms. The molecule has 2 aromatic rings. The molecule has 2 amide bonds. The van der Waals surface area contributed by atoms with Gasteiger partial charge in [-0.1, -0.05) is 12.1 Å². The van der Waals surface area contributed by atoms with E-state index in [0.29, 0.717) is 14.9 Å². The molecule has 0 bridgehead atoms. The van der Waals surface area contributed by atoms with Gasteiger partial charge in [-0.25, -0.2) is 14.1 Å². The zero-order valence-corrected chi connectivity index (χ0v) is 20.5. The van der Waals surface area contributed by atoms with Crippen molar-refractivity contribution in [3.63, 3.8) is 0 Å². The maximum absolute atomic E-state index is 14.3. The molecule has 8 nitrogen and oxygen atoms in total. The van der Waals surface area contributed by atoms with Crippen molar-refractivity contribution in [3.8, 4) is 11.5 Å². The number of carbonyl (C=O) groups excluding carboxylic acids is 3. The predicted octanol–water partition coefficient (Wildman–Crippen LogP) is 3.21. The van der Waals surface area contributed by atoms with Crippen molar-refractivity contribution in [3.05, 3.63) is 56.9 Å². The number of hydrogen-bond acceptors (Lipinski definition) is 7. The molecule has 1 fully saturated rings. The molecule has 1 aliphatic rings. The van der Waals surface area contributed by atoms with Crippen molar-refractivity contribution >= 4 is 69.5 Å². The zero-order valence-electron chi connectivity index (χ0n) is 17.5. The summed E-state index contributed by atoms with van der Waals surface area (Å²) in [4.78, 5) is 38.1. The van der Waals surface area contributed by atoms with Crippen LogP contribution in [0.3, 0.4) is 0 Å². The maximum atomic E-state index is 14.3. The van der Waals surface area contributed by atoms with E-state index >= 15 is 0 Å². The van der Waals surface area contributed by atoms with E-state index in [9.17, 15) is 18.8 Å². The Morgan fingerprint density at radius 1 is 1.27 bits per heavy atom. The second-order valence-corrected chi connectivity index (χ2v) is 8.09. The molecule has 1 saturated heterocycles. The highest BCUT2D eigenvalue weighted by atomic mass is 127. The Morgan fingerprint density at radius 3 is 2.67 bits per heavy atom. The summed E-state index contributed by atoms with van der Waals surface area (Å²) in [6.07, 6.45) is 1.34. The van der Waals surface area contributed by atoms with E-state index in [-0.39, 0.29) is 35.3 Å². The van der Waals surface area contributed by atoms with Crippen LogP contribution in [0.5, 0.6) is 11.5 Å². The minimum Gasteiger partial charge on any atom is -0.493 e. The molecule has 172 valence electrons. The number of anilines is 1. The number of benzene rings is 2. The molecule has 0 aliphatic carbocycles. The number of hydrogen-bond donors (Lipinski definition) is 1. The number of esters is 1. The summed E-state index contributed by atoms with van der Waals surface area (Å²) in [6, 6.07) is 8.78. The topological polar surface area (TPSA) is 94.2 Å². The van der Waals surface area contributed by atoms with E-state index in [2.05, 4.69) is 5.32 Å². The van der Waals surface area contributed by atoms with Gasteiger partial charge in [0.15, 0.2) is 23.2 Å². The summed E-state index contributed by atoms with van der Waals surface area (Å²) in [7, 11) is 1.41.